The molecule has 2 N–H and O–H groups in total. The Labute approximate surface area is 129 Å². The molecule has 0 aliphatic rings. The van der Waals surface area contributed by atoms with E-state index in [-0.39, 0.29) is 6.10 Å². The molecule has 3 heterocycles. The lowest BCUT2D eigenvalue weighted by Crippen LogP contribution is -2.06. The van der Waals surface area contributed by atoms with Gasteiger partial charge >= 0.3 is 0 Å². The van der Waals surface area contributed by atoms with Crippen molar-refractivity contribution in [3.63, 3.8) is 0 Å². The minimum atomic E-state index is 0.110. The highest BCUT2D eigenvalue weighted by molar-refractivity contribution is 5.81. The fourth-order valence-electron chi connectivity index (χ4n) is 2.17. The van der Waals surface area contributed by atoms with Crippen molar-refractivity contribution in [2.45, 2.75) is 26.5 Å². The highest BCUT2D eigenvalue weighted by Crippen LogP contribution is 2.22. The number of hydrogen-bond acceptors (Lipinski definition) is 5. The molecule has 0 aliphatic heterocycles. The molecule has 0 radical (unpaired) electrons. The van der Waals surface area contributed by atoms with Gasteiger partial charge in [-0.2, -0.15) is 0 Å². The summed E-state index contributed by atoms with van der Waals surface area (Å²) in [4.78, 5) is 13.3. The minimum Gasteiger partial charge on any atom is -0.475 e. The fourth-order valence-corrected chi connectivity index (χ4v) is 2.17. The SMILES string of the molecule is CC(C)Oc1ccc(-c2ccc3cnc(CN)cc3n2)cn1. The van der Waals surface area contributed by atoms with Crippen molar-refractivity contribution in [2.75, 3.05) is 0 Å². The largest absolute Gasteiger partial charge is 0.475 e. The predicted octanol–water partition coefficient (Wildman–Crippen LogP) is 2.94. The number of fused-ring (bicyclic) bond motifs is 1. The Morgan fingerprint density at radius 3 is 2.64 bits per heavy atom. The van der Waals surface area contributed by atoms with E-state index in [1.807, 2.05) is 44.2 Å². The third kappa shape index (κ3) is 3.04. The summed E-state index contributed by atoms with van der Waals surface area (Å²) >= 11 is 0. The normalized spacial score (nSPS) is 11.1. The standard InChI is InChI=1S/C17H18N4O/c1-11(2)22-17-6-4-12(10-20-17)15-5-3-13-9-19-14(8-18)7-16(13)21-15/h3-7,9-11H,8,18H2,1-2H3. The van der Waals surface area contributed by atoms with Crippen LogP contribution >= 0.6 is 0 Å². The summed E-state index contributed by atoms with van der Waals surface area (Å²) in [6, 6.07) is 9.71. The molecule has 0 fully saturated rings. The van der Waals surface area contributed by atoms with E-state index in [0.717, 1.165) is 27.9 Å². The molecule has 0 saturated heterocycles. The second-order valence-electron chi connectivity index (χ2n) is 5.32. The van der Waals surface area contributed by atoms with Gasteiger partial charge < -0.3 is 10.5 Å². The van der Waals surface area contributed by atoms with Gasteiger partial charge in [-0.1, -0.05) is 0 Å². The summed E-state index contributed by atoms with van der Waals surface area (Å²) in [5, 5.41) is 0.994. The van der Waals surface area contributed by atoms with Gasteiger partial charge in [0.1, 0.15) is 0 Å². The van der Waals surface area contributed by atoms with Gasteiger partial charge in [0.05, 0.1) is 23.0 Å². The molecule has 3 aromatic rings. The van der Waals surface area contributed by atoms with Crippen LogP contribution < -0.4 is 10.5 Å². The maximum Gasteiger partial charge on any atom is 0.213 e. The maximum absolute atomic E-state index is 5.63. The summed E-state index contributed by atoms with van der Waals surface area (Å²) in [6.45, 7) is 4.36. The number of aromatic nitrogens is 3. The first-order chi connectivity index (χ1) is 10.7. The quantitative estimate of drug-likeness (QED) is 0.800. The predicted molar refractivity (Wildman–Crippen MR) is 86.4 cm³/mol. The monoisotopic (exact) mass is 294 g/mol. The van der Waals surface area contributed by atoms with Crippen molar-refractivity contribution >= 4 is 10.9 Å². The van der Waals surface area contributed by atoms with Crippen LogP contribution in [-0.2, 0) is 6.54 Å². The Morgan fingerprint density at radius 2 is 1.95 bits per heavy atom. The van der Waals surface area contributed by atoms with E-state index in [9.17, 15) is 0 Å². The second-order valence-corrected chi connectivity index (χ2v) is 5.32. The van der Waals surface area contributed by atoms with Crippen LogP contribution in [0.4, 0.5) is 0 Å². The van der Waals surface area contributed by atoms with Gasteiger partial charge in [-0.3, -0.25) is 4.98 Å². The molecule has 0 spiro atoms. The first kappa shape index (κ1) is 14.4. The highest BCUT2D eigenvalue weighted by atomic mass is 16.5. The average molecular weight is 294 g/mol. The zero-order valence-corrected chi connectivity index (χ0v) is 12.7. The molecule has 0 aliphatic carbocycles. The molecular weight excluding hydrogens is 276 g/mol. The number of ether oxygens (including phenoxy) is 1. The first-order valence-corrected chi connectivity index (χ1v) is 7.24. The van der Waals surface area contributed by atoms with Crippen LogP contribution in [0.25, 0.3) is 22.2 Å². The zero-order valence-electron chi connectivity index (χ0n) is 12.7. The Hall–Kier alpha value is -2.53. The minimum absolute atomic E-state index is 0.110. The van der Waals surface area contributed by atoms with Crippen LogP contribution in [0.1, 0.15) is 19.5 Å². The lowest BCUT2D eigenvalue weighted by atomic mass is 10.1. The second kappa shape index (κ2) is 6.07. The summed E-state index contributed by atoms with van der Waals surface area (Å²) < 4.78 is 5.55. The number of hydrogen-bond donors (Lipinski definition) is 1. The number of pyridine rings is 3. The summed E-state index contributed by atoms with van der Waals surface area (Å²) in [5.41, 5.74) is 9.16. The third-order valence-electron chi connectivity index (χ3n) is 3.23. The van der Waals surface area contributed by atoms with E-state index < -0.39 is 0 Å². The van der Waals surface area contributed by atoms with Gasteiger partial charge in [-0.15, -0.1) is 0 Å². The zero-order chi connectivity index (χ0) is 15.5. The van der Waals surface area contributed by atoms with Crippen molar-refractivity contribution in [1.29, 1.82) is 0 Å². The van der Waals surface area contributed by atoms with Crippen molar-refractivity contribution in [2.24, 2.45) is 5.73 Å². The molecule has 3 aromatic heterocycles. The Balaban J connectivity index is 1.95. The number of nitrogens with two attached hydrogens (primary N) is 1. The molecule has 0 aromatic carbocycles. The summed E-state index contributed by atoms with van der Waals surface area (Å²) in [7, 11) is 0. The lowest BCUT2D eigenvalue weighted by Gasteiger charge is -2.09. The van der Waals surface area contributed by atoms with Crippen molar-refractivity contribution < 1.29 is 4.74 Å². The smallest absolute Gasteiger partial charge is 0.213 e. The van der Waals surface area contributed by atoms with Gasteiger partial charge in [0, 0.05) is 36.0 Å². The third-order valence-corrected chi connectivity index (χ3v) is 3.23. The van der Waals surface area contributed by atoms with E-state index in [4.69, 9.17) is 10.5 Å². The Morgan fingerprint density at radius 1 is 1.09 bits per heavy atom. The van der Waals surface area contributed by atoms with E-state index in [1.165, 1.54) is 0 Å². The van der Waals surface area contributed by atoms with Crippen LogP contribution in [0.15, 0.2) is 42.7 Å². The van der Waals surface area contributed by atoms with Crippen molar-refractivity contribution in [3.8, 4) is 17.1 Å². The summed E-state index contributed by atoms with van der Waals surface area (Å²) in [5.74, 6) is 0.620. The number of nitrogens with zero attached hydrogens (tertiary/aromatic N) is 3. The first-order valence-electron chi connectivity index (χ1n) is 7.24. The van der Waals surface area contributed by atoms with Gasteiger partial charge in [0.2, 0.25) is 5.88 Å². The Kier molecular flexibility index (Phi) is 3.98. The van der Waals surface area contributed by atoms with Gasteiger partial charge in [-0.25, -0.2) is 9.97 Å². The van der Waals surface area contributed by atoms with Crippen LogP contribution in [0.3, 0.4) is 0 Å². The molecule has 112 valence electrons. The fraction of sp³-hybridized carbons (Fsp3) is 0.235. The van der Waals surface area contributed by atoms with Gasteiger partial charge in [0.25, 0.3) is 0 Å². The van der Waals surface area contributed by atoms with E-state index in [1.54, 1.807) is 12.4 Å². The molecule has 0 bridgehead atoms. The van der Waals surface area contributed by atoms with Crippen molar-refractivity contribution in [1.82, 2.24) is 15.0 Å². The average Bonchev–Trinajstić information content (AvgIpc) is 2.54. The molecular formula is C17H18N4O. The molecule has 5 nitrogen and oxygen atoms in total. The molecule has 0 unspecified atom stereocenters. The topological polar surface area (TPSA) is 73.9 Å². The van der Waals surface area contributed by atoms with Crippen LogP contribution in [0.5, 0.6) is 5.88 Å². The lowest BCUT2D eigenvalue weighted by molar-refractivity contribution is 0.232. The van der Waals surface area contributed by atoms with Crippen LogP contribution in [0.2, 0.25) is 0 Å². The van der Waals surface area contributed by atoms with Crippen LogP contribution in [0, 0.1) is 0 Å². The van der Waals surface area contributed by atoms with E-state index in [0.29, 0.717) is 12.4 Å². The maximum atomic E-state index is 5.63. The van der Waals surface area contributed by atoms with Crippen LogP contribution in [-0.4, -0.2) is 21.1 Å². The summed E-state index contributed by atoms with van der Waals surface area (Å²) in [6.07, 6.45) is 3.68. The molecule has 3 rings (SSSR count). The van der Waals surface area contributed by atoms with Crippen molar-refractivity contribution in [3.05, 3.63) is 48.4 Å². The van der Waals surface area contributed by atoms with Gasteiger partial charge in [-0.05, 0) is 38.1 Å². The van der Waals surface area contributed by atoms with Gasteiger partial charge in [0.15, 0.2) is 0 Å². The number of rotatable bonds is 4. The molecule has 0 amide bonds. The highest BCUT2D eigenvalue weighted by Gasteiger charge is 2.05. The molecule has 0 saturated carbocycles. The van der Waals surface area contributed by atoms with E-state index in [2.05, 4.69) is 15.0 Å². The molecule has 5 heteroatoms. The molecule has 22 heavy (non-hydrogen) atoms. The van der Waals surface area contributed by atoms with E-state index >= 15 is 0 Å². The Bertz CT molecular complexity index is 784. The molecule has 0 atom stereocenters.